The molecule has 0 saturated carbocycles. The van der Waals surface area contributed by atoms with Crippen LogP contribution in [0.4, 0.5) is 22.0 Å². The van der Waals surface area contributed by atoms with Crippen molar-refractivity contribution in [3.63, 3.8) is 0 Å². The van der Waals surface area contributed by atoms with Crippen LogP contribution in [-0.2, 0) is 0 Å². The highest BCUT2D eigenvalue weighted by Crippen LogP contribution is 2.38. The van der Waals surface area contributed by atoms with Crippen LogP contribution < -0.4 is 9.84 Å². The summed E-state index contributed by atoms with van der Waals surface area (Å²) in [4.78, 5) is 10.6. The lowest BCUT2D eigenvalue weighted by Gasteiger charge is -2.20. The number of alkyl halides is 5. The van der Waals surface area contributed by atoms with E-state index in [4.69, 9.17) is 0 Å². The Labute approximate surface area is 104 Å². The minimum absolute atomic E-state index is 0.319. The van der Waals surface area contributed by atoms with E-state index in [1.54, 1.807) is 0 Å². The van der Waals surface area contributed by atoms with Gasteiger partial charge in [0, 0.05) is 5.56 Å². The van der Waals surface area contributed by atoms with E-state index in [0.29, 0.717) is 0 Å². The van der Waals surface area contributed by atoms with E-state index in [9.17, 15) is 31.9 Å². The molecule has 0 atom stereocenters. The number of aromatic carboxylic acids is 1. The van der Waals surface area contributed by atoms with Crippen molar-refractivity contribution in [1.82, 2.24) is 0 Å². The van der Waals surface area contributed by atoms with Crippen molar-refractivity contribution >= 4 is 5.97 Å². The van der Waals surface area contributed by atoms with Crippen molar-refractivity contribution in [2.75, 3.05) is 6.61 Å². The van der Waals surface area contributed by atoms with E-state index >= 15 is 0 Å². The maximum absolute atomic E-state index is 12.6. The highest BCUT2D eigenvalue weighted by Gasteiger charge is 2.56. The molecule has 0 unspecified atom stereocenters. The maximum Gasteiger partial charge on any atom is 0.453 e. The molecule has 0 fully saturated rings. The molecule has 106 valence electrons. The van der Waals surface area contributed by atoms with E-state index in [1.807, 2.05) is 0 Å². The molecular formula is C11H8F5O3-. The Kier molecular flexibility index (Phi) is 4.33. The third-order valence-electron chi connectivity index (χ3n) is 2.20. The van der Waals surface area contributed by atoms with Gasteiger partial charge in [0.05, 0.1) is 19.0 Å². The van der Waals surface area contributed by atoms with Crippen LogP contribution in [0, 0.1) is 0 Å². The lowest BCUT2D eigenvalue weighted by molar-refractivity contribution is -0.285. The van der Waals surface area contributed by atoms with Gasteiger partial charge in [-0.15, -0.1) is 0 Å². The maximum atomic E-state index is 12.6. The Morgan fingerprint density at radius 2 is 1.74 bits per heavy atom. The Bertz CT molecular complexity index is 456. The van der Waals surface area contributed by atoms with E-state index in [2.05, 4.69) is 4.74 Å². The molecule has 0 aromatic heterocycles. The first-order valence-electron chi connectivity index (χ1n) is 5.03. The average molecular weight is 283 g/mol. The molecule has 0 aliphatic rings. The van der Waals surface area contributed by atoms with Gasteiger partial charge >= 0.3 is 12.1 Å². The number of benzene rings is 1. The molecule has 0 amide bonds. The number of carboxylic acids is 1. The van der Waals surface area contributed by atoms with Gasteiger partial charge in [0.1, 0.15) is 5.75 Å². The van der Waals surface area contributed by atoms with Crippen LogP contribution in [0.15, 0.2) is 24.3 Å². The Hall–Kier alpha value is -1.86. The topological polar surface area (TPSA) is 49.4 Å². The summed E-state index contributed by atoms with van der Waals surface area (Å²) in [6.07, 6.45) is -7.26. The van der Waals surface area contributed by atoms with Crippen LogP contribution in [0.1, 0.15) is 16.8 Å². The van der Waals surface area contributed by atoms with Gasteiger partial charge in [0.2, 0.25) is 0 Å². The second-order valence-electron chi connectivity index (χ2n) is 3.58. The zero-order chi connectivity index (χ0) is 14.7. The monoisotopic (exact) mass is 283 g/mol. The summed E-state index contributed by atoms with van der Waals surface area (Å²) in [5.41, 5.74) is -0.419. The SMILES string of the molecule is O=C([O-])c1ccccc1OCCC(F)(F)C(F)(F)F. The first-order chi connectivity index (χ1) is 8.65. The molecule has 0 saturated heterocycles. The lowest BCUT2D eigenvalue weighted by Crippen LogP contribution is -2.37. The smallest absolute Gasteiger partial charge is 0.453 e. The third kappa shape index (κ3) is 3.80. The van der Waals surface area contributed by atoms with E-state index in [-0.39, 0.29) is 5.75 Å². The molecule has 0 aliphatic carbocycles. The minimum atomic E-state index is -5.66. The number of carbonyl (C=O) groups is 1. The fraction of sp³-hybridized carbons (Fsp3) is 0.364. The molecule has 19 heavy (non-hydrogen) atoms. The van der Waals surface area contributed by atoms with Crippen molar-refractivity contribution in [2.24, 2.45) is 0 Å². The predicted octanol–water partition coefficient (Wildman–Crippen LogP) is 2.02. The molecule has 0 aliphatic heterocycles. The summed E-state index contributed by atoms with van der Waals surface area (Å²) in [7, 11) is 0. The van der Waals surface area contributed by atoms with Crippen molar-refractivity contribution in [3.8, 4) is 5.75 Å². The number of hydrogen-bond acceptors (Lipinski definition) is 3. The van der Waals surface area contributed by atoms with Gasteiger partial charge in [-0.3, -0.25) is 0 Å². The number of halogens is 5. The van der Waals surface area contributed by atoms with Crippen LogP contribution in [0.2, 0.25) is 0 Å². The first kappa shape index (κ1) is 15.2. The van der Waals surface area contributed by atoms with Crippen LogP contribution in [0.5, 0.6) is 5.75 Å². The summed E-state index contributed by atoms with van der Waals surface area (Å²) in [5, 5.41) is 10.6. The Morgan fingerprint density at radius 1 is 1.16 bits per heavy atom. The molecule has 1 aromatic carbocycles. The third-order valence-corrected chi connectivity index (χ3v) is 2.20. The van der Waals surface area contributed by atoms with Crippen molar-refractivity contribution in [2.45, 2.75) is 18.5 Å². The molecule has 0 bridgehead atoms. The van der Waals surface area contributed by atoms with Crippen molar-refractivity contribution < 1.29 is 36.6 Å². The molecular weight excluding hydrogens is 275 g/mol. The highest BCUT2D eigenvalue weighted by atomic mass is 19.4. The molecule has 0 radical (unpaired) electrons. The largest absolute Gasteiger partial charge is 0.545 e. The zero-order valence-electron chi connectivity index (χ0n) is 9.34. The molecule has 8 heteroatoms. The van der Waals surface area contributed by atoms with Gasteiger partial charge in [0.25, 0.3) is 0 Å². The number of hydrogen-bond donors (Lipinski definition) is 0. The second-order valence-corrected chi connectivity index (χ2v) is 3.58. The second kappa shape index (κ2) is 5.41. The van der Waals surface area contributed by atoms with Crippen molar-refractivity contribution in [1.29, 1.82) is 0 Å². The summed E-state index contributed by atoms with van der Waals surface area (Å²) in [6.45, 7) is -0.975. The fourth-order valence-corrected chi connectivity index (χ4v) is 1.19. The summed E-state index contributed by atoms with van der Waals surface area (Å²) in [6, 6.07) is 4.91. The van der Waals surface area contributed by atoms with Gasteiger partial charge in [-0.2, -0.15) is 22.0 Å². The first-order valence-corrected chi connectivity index (χ1v) is 5.03. The van der Waals surface area contributed by atoms with Gasteiger partial charge < -0.3 is 14.6 Å². The van der Waals surface area contributed by atoms with Gasteiger partial charge in [-0.1, -0.05) is 12.1 Å². The Balaban J connectivity index is 2.67. The molecule has 1 aromatic rings. The van der Waals surface area contributed by atoms with Gasteiger partial charge in [-0.25, -0.2) is 0 Å². The number of carboxylic acid groups (broad SMARTS) is 1. The van der Waals surface area contributed by atoms with Crippen LogP contribution in [0.25, 0.3) is 0 Å². The van der Waals surface area contributed by atoms with E-state index < -0.39 is 36.7 Å². The summed E-state index contributed by atoms with van der Waals surface area (Å²) in [5.74, 6) is -6.82. The quantitative estimate of drug-likeness (QED) is 0.777. The molecule has 0 N–H and O–H groups in total. The van der Waals surface area contributed by atoms with E-state index in [0.717, 1.165) is 12.1 Å². The normalized spacial score (nSPS) is 12.3. The Morgan fingerprint density at radius 3 is 2.26 bits per heavy atom. The zero-order valence-corrected chi connectivity index (χ0v) is 9.34. The number of rotatable bonds is 5. The number of ether oxygens (including phenoxy) is 1. The van der Waals surface area contributed by atoms with Crippen LogP contribution in [0.3, 0.4) is 0 Å². The highest BCUT2D eigenvalue weighted by molar-refractivity contribution is 5.89. The molecule has 3 nitrogen and oxygen atoms in total. The van der Waals surface area contributed by atoms with Gasteiger partial charge in [0.15, 0.2) is 0 Å². The lowest BCUT2D eigenvalue weighted by atomic mass is 10.2. The minimum Gasteiger partial charge on any atom is -0.545 e. The molecule has 0 heterocycles. The van der Waals surface area contributed by atoms with E-state index in [1.165, 1.54) is 12.1 Å². The van der Waals surface area contributed by atoms with Crippen LogP contribution in [-0.4, -0.2) is 24.7 Å². The molecule has 0 spiro atoms. The average Bonchev–Trinajstić information content (AvgIpc) is 2.27. The van der Waals surface area contributed by atoms with Crippen LogP contribution >= 0.6 is 0 Å². The van der Waals surface area contributed by atoms with Crippen molar-refractivity contribution in [3.05, 3.63) is 29.8 Å². The van der Waals surface area contributed by atoms with Gasteiger partial charge in [-0.05, 0) is 12.1 Å². The fourth-order valence-electron chi connectivity index (χ4n) is 1.19. The summed E-state index contributed by atoms with van der Waals surface area (Å²) >= 11 is 0. The summed E-state index contributed by atoms with van der Waals surface area (Å²) < 4.78 is 65.3. The molecule has 1 rings (SSSR count). The predicted molar refractivity (Wildman–Crippen MR) is 51.9 cm³/mol. The number of para-hydroxylation sites is 1. The standard InChI is InChI=1S/C11H9F5O3/c12-10(13,11(14,15)16)5-6-19-8-4-2-1-3-7(8)9(17)18/h1-4H,5-6H2,(H,17,18)/p-1. The number of carbonyl (C=O) groups excluding carboxylic acids is 1.